The molecule has 106 valence electrons. The van der Waals surface area contributed by atoms with Crippen LogP contribution in [0.1, 0.15) is 0 Å². The molecule has 0 aliphatic carbocycles. The highest BCUT2D eigenvalue weighted by atomic mass is 32.2. The van der Waals surface area contributed by atoms with Crippen LogP contribution in [0.3, 0.4) is 0 Å². The lowest BCUT2D eigenvalue weighted by atomic mass is 10.3. The molecule has 8 heteroatoms. The fourth-order valence-electron chi connectivity index (χ4n) is 1.52. The van der Waals surface area contributed by atoms with E-state index in [0.717, 1.165) is 18.2 Å². The highest BCUT2D eigenvalue weighted by molar-refractivity contribution is 7.92. The largest absolute Gasteiger partial charge is 0.324 e. The van der Waals surface area contributed by atoms with Gasteiger partial charge in [0.25, 0.3) is 10.0 Å². The molecule has 0 bridgehead atoms. The maximum atomic E-state index is 13.4. The predicted octanol–water partition coefficient (Wildman–Crippen LogP) is 2.05. The van der Waals surface area contributed by atoms with Gasteiger partial charge in [0.2, 0.25) is 0 Å². The van der Waals surface area contributed by atoms with Crippen LogP contribution in [0.5, 0.6) is 0 Å². The van der Waals surface area contributed by atoms with E-state index in [0.29, 0.717) is 5.69 Å². The van der Waals surface area contributed by atoms with Crippen molar-refractivity contribution in [2.45, 2.75) is 4.90 Å². The lowest BCUT2D eigenvalue weighted by Gasteiger charge is -2.10. The van der Waals surface area contributed by atoms with Crippen molar-refractivity contribution in [1.82, 2.24) is 0 Å². The molecule has 0 atom stereocenters. The third-order valence-corrected chi connectivity index (χ3v) is 3.90. The van der Waals surface area contributed by atoms with E-state index in [-0.39, 0.29) is 4.90 Å². The topological polar surface area (TPSA) is 84.2 Å². The summed E-state index contributed by atoms with van der Waals surface area (Å²) >= 11 is 0. The number of hydrazine groups is 1. The van der Waals surface area contributed by atoms with E-state index in [4.69, 9.17) is 5.84 Å². The molecule has 0 unspecified atom stereocenters. The summed E-state index contributed by atoms with van der Waals surface area (Å²) in [6, 6.07) is 8.43. The Labute approximate surface area is 114 Å². The van der Waals surface area contributed by atoms with Crippen LogP contribution in [0.2, 0.25) is 0 Å². The molecular formula is C12H11F2N3O2S. The molecule has 20 heavy (non-hydrogen) atoms. The van der Waals surface area contributed by atoms with Crippen LogP contribution in [-0.4, -0.2) is 8.42 Å². The van der Waals surface area contributed by atoms with E-state index >= 15 is 0 Å². The van der Waals surface area contributed by atoms with Gasteiger partial charge in [0, 0.05) is 5.69 Å². The fourth-order valence-corrected chi connectivity index (χ4v) is 2.59. The van der Waals surface area contributed by atoms with Crippen molar-refractivity contribution in [2.75, 3.05) is 10.1 Å². The number of rotatable bonds is 4. The van der Waals surface area contributed by atoms with Crippen LogP contribution < -0.4 is 16.0 Å². The monoisotopic (exact) mass is 299 g/mol. The summed E-state index contributed by atoms with van der Waals surface area (Å²) in [5.41, 5.74) is 2.12. The van der Waals surface area contributed by atoms with Crippen LogP contribution in [0.15, 0.2) is 47.4 Å². The second kappa shape index (κ2) is 5.43. The highest BCUT2D eigenvalue weighted by Crippen LogP contribution is 2.22. The molecule has 4 N–H and O–H groups in total. The number of sulfonamides is 1. The molecule has 2 aromatic rings. The van der Waals surface area contributed by atoms with Crippen LogP contribution in [0, 0.1) is 11.6 Å². The molecule has 0 amide bonds. The van der Waals surface area contributed by atoms with E-state index in [1.54, 1.807) is 0 Å². The average Bonchev–Trinajstić information content (AvgIpc) is 2.43. The van der Waals surface area contributed by atoms with Gasteiger partial charge in [0.15, 0.2) is 0 Å². The van der Waals surface area contributed by atoms with Gasteiger partial charge >= 0.3 is 0 Å². The maximum Gasteiger partial charge on any atom is 0.262 e. The predicted molar refractivity (Wildman–Crippen MR) is 71.4 cm³/mol. The number of nitrogens with one attached hydrogen (secondary N) is 2. The molecule has 2 rings (SSSR count). The van der Waals surface area contributed by atoms with E-state index in [9.17, 15) is 17.2 Å². The third kappa shape index (κ3) is 2.86. The minimum Gasteiger partial charge on any atom is -0.324 e. The summed E-state index contributed by atoms with van der Waals surface area (Å²) in [5, 5.41) is 0. The van der Waals surface area contributed by atoms with Crippen molar-refractivity contribution in [3.63, 3.8) is 0 Å². The number of anilines is 2. The van der Waals surface area contributed by atoms with Crippen molar-refractivity contribution < 1.29 is 17.2 Å². The molecule has 0 aliphatic heterocycles. The molecule has 0 saturated carbocycles. The summed E-state index contributed by atoms with van der Waals surface area (Å²) in [5.74, 6) is 3.17. The van der Waals surface area contributed by atoms with Crippen molar-refractivity contribution >= 4 is 21.4 Å². The Bertz CT molecular complexity index is 698. The van der Waals surface area contributed by atoms with Gasteiger partial charge in [0.1, 0.15) is 17.3 Å². The molecule has 5 nitrogen and oxygen atoms in total. The zero-order valence-electron chi connectivity index (χ0n) is 10.1. The van der Waals surface area contributed by atoms with Crippen molar-refractivity contribution in [3.8, 4) is 0 Å². The number of nitrogens with two attached hydrogens (primary N) is 1. The Kier molecular flexibility index (Phi) is 3.86. The Morgan fingerprint density at radius 3 is 2.00 bits per heavy atom. The smallest absolute Gasteiger partial charge is 0.262 e. The average molecular weight is 299 g/mol. The minimum atomic E-state index is -4.08. The number of para-hydroxylation sites is 1. The van der Waals surface area contributed by atoms with Crippen LogP contribution in [-0.2, 0) is 10.0 Å². The highest BCUT2D eigenvalue weighted by Gasteiger charge is 2.18. The Morgan fingerprint density at radius 2 is 1.50 bits per heavy atom. The summed E-state index contributed by atoms with van der Waals surface area (Å²) in [6.07, 6.45) is 0. The van der Waals surface area contributed by atoms with Gasteiger partial charge in [-0.15, -0.1) is 0 Å². The summed E-state index contributed by atoms with van der Waals surface area (Å²) in [6.45, 7) is 0. The van der Waals surface area contributed by atoms with Crippen molar-refractivity contribution in [3.05, 3.63) is 54.1 Å². The van der Waals surface area contributed by atoms with Crippen molar-refractivity contribution in [2.24, 2.45) is 5.84 Å². The number of nitrogen functional groups attached to an aromatic ring is 1. The van der Waals surface area contributed by atoms with E-state index in [1.165, 1.54) is 24.3 Å². The SMILES string of the molecule is NNc1ccc(S(=O)(=O)Nc2c(F)cccc2F)cc1. The second-order valence-corrected chi connectivity index (χ2v) is 5.55. The van der Waals surface area contributed by atoms with Gasteiger partial charge in [-0.05, 0) is 36.4 Å². The third-order valence-electron chi connectivity index (χ3n) is 2.53. The lowest BCUT2D eigenvalue weighted by Crippen LogP contribution is -2.15. The van der Waals surface area contributed by atoms with Gasteiger partial charge in [-0.3, -0.25) is 10.6 Å². The molecule has 0 spiro atoms. The normalized spacial score (nSPS) is 11.2. The molecular weight excluding hydrogens is 288 g/mol. The first-order valence-electron chi connectivity index (χ1n) is 5.47. The molecule has 0 aromatic heterocycles. The Morgan fingerprint density at radius 1 is 0.950 bits per heavy atom. The zero-order chi connectivity index (χ0) is 14.8. The lowest BCUT2D eigenvalue weighted by molar-refractivity contribution is 0.583. The van der Waals surface area contributed by atoms with E-state index in [1.807, 2.05) is 4.72 Å². The summed E-state index contributed by atoms with van der Waals surface area (Å²) in [4.78, 5) is -0.140. The van der Waals surface area contributed by atoms with Crippen molar-refractivity contribution in [1.29, 1.82) is 0 Å². The molecule has 0 aliphatic rings. The van der Waals surface area contributed by atoms with Gasteiger partial charge < -0.3 is 5.43 Å². The summed E-state index contributed by atoms with van der Waals surface area (Å²) in [7, 11) is -4.08. The first-order chi connectivity index (χ1) is 9.44. The van der Waals surface area contributed by atoms with Crippen LogP contribution in [0.25, 0.3) is 0 Å². The molecule has 0 radical (unpaired) electrons. The zero-order valence-corrected chi connectivity index (χ0v) is 10.9. The van der Waals surface area contributed by atoms with Crippen LogP contribution in [0.4, 0.5) is 20.2 Å². The van der Waals surface area contributed by atoms with Gasteiger partial charge in [-0.25, -0.2) is 17.2 Å². The molecule has 0 heterocycles. The second-order valence-electron chi connectivity index (χ2n) is 3.87. The quantitative estimate of drug-likeness (QED) is 0.596. The van der Waals surface area contributed by atoms with Gasteiger partial charge in [-0.2, -0.15) is 0 Å². The van der Waals surface area contributed by atoms with E-state index < -0.39 is 27.3 Å². The Balaban J connectivity index is 2.35. The first-order valence-corrected chi connectivity index (χ1v) is 6.96. The number of hydrogen-bond donors (Lipinski definition) is 3. The minimum absolute atomic E-state index is 0.140. The maximum absolute atomic E-state index is 13.4. The Hall–Kier alpha value is -2.19. The molecule has 0 saturated heterocycles. The fraction of sp³-hybridized carbons (Fsp3) is 0. The van der Waals surface area contributed by atoms with Gasteiger partial charge in [-0.1, -0.05) is 6.07 Å². The van der Waals surface area contributed by atoms with Crippen LogP contribution >= 0.6 is 0 Å². The molecule has 0 fully saturated rings. The summed E-state index contributed by atoms with van der Waals surface area (Å²) < 4.78 is 52.7. The van der Waals surface area contributed by atoms with E-state index in [2.05, 4.69) is 5.43 Å². The molecule has 2 aromatic carbocycles. The number of benzene rings is 2. The number of halogens is 2. The number of hydrogen-bond acceptors (Lipinski definition) is 4. The van der Waals surface area contributed by atoms with Gasteiger partial charge in [0.05, 0.1) is 4.90 Å². The standard InChI is InChI=1S/C12H11F2N3O2S/c13-10-2-1-3-11(14)12(10)17-20(18,19)9-6-4-8(16-15)5-7-9/h1-7,16-17H,15H2. The first kappa shape index (κ1) is 14.2.